The van der Waals surface area contributed by atoms with Crippen LogP contribution in [-0.4, -0.2) is 25.1 Å². The van der Waals surface area contributed by atoms with Gasteiger partial charge in [-0.1, -0.05) is 34.1 Å². The molecule has 1 atom stereocenters. The normalized spacial score (nSPS) is 16.5. The average molecular weight is 397 g/mol. The van der Waals surface area contributed by atoms with E-state index < -0.39 is 30.0 Å². The molecular weight excluding hydrogens is 385 g/mol. The van der Waals surface area contributed by atoms with Crippen LogP contribution in [0.5, 0.6) is 0 Å². The van der Waals surface area contributed by atoms with Crippen LogP contribution in [0.15, 0.2) is 28.7 Å². The van der Waals surface area contributed by atoms with Crippen molar-refractivity contribution in [1.29, 1.82) is 0 Å². The molecule has 0 heterocycles. The summed E-state index contributed by atoms with van der Waals surface area (Å²) in [5.74, 6) is 0. The maximum absolute atomic E-state index is 14.0. The van der Waals surface area contributed by atoms with Gasteiger partial charge in [0.2, 0.25) is 0 Å². The molecule has 0 N–H and O–H groups in total. The van der Waals surface area contributed by atoms with Crippen LogP contribution in [0.25, 0.3) is 0 Å². The molecule has 9 heteroatoms. The fraction of sp³-hybridized carbons (Fsp3) is 0.538. The quantitative estimate of drug-likeness (QED) is 0.607. The summed E-state index contributed by atoms with van der Waals surface area (Å²) in [5, 5.41) is 0. The minimum absolute atomic E-state index is 0.0203. The van der Waals surface area contributed by atoms with Crippen LogP contribution in [-0.2, 0) is 10.3 Å². The first-order valence-corrected chi connectivity index (χ1v) is 6.70. The smallest absolute Gasteiger partial charge is 0.374 e. The fourth-order valence-corrected chi connectivity index (χ4v) is 2.70. The van der Waals surface area contributed by atoms with Gasteiger partial charge >= 0.3 is 18.0 Å². The predicted octanol–water partition coefficient (Wildman–Crippen LogP) is 5.53. The van der Waals surface area contributed by atoms with Crippen molar-refractivity contribution in [3.05, 3.63) is 34.3 Å². The number of hydrogen-bond acceptors (Lipinski definition) is 1. The molecule has 1 aromatic rings. The van der Waals surface area contributed by atoms with Crippen LogP contribution in [0.3, 0.4) is 0 Å². The maximum atomic E-state index is 14.0. The summed E-state index contributed by atoms with van der Waals surface area (Å²) < 4.78 is 95.3. The van der Waals surface area contributed by atoms with E-state index in [1.165, 1.54) is 24.3 Å². The molecule has 1 aromatic carbocycles. The molecule has 0 amide bonds. The molecule has 0 aliphatic heterocycles. The van der Waals surface area contributed by atoms with Gasteiger partial charge in [-0.25, -0.2) is 4.39 Å². The summed E-state index contributed by atoms with van der Waals surface area (Å²) >= 11 is 3.02. The lowest BCUT2D eigenvalue weighted by Crippen LogP contribution is -2.56. The van der Waals surface area contributed by atoms with Gasteiger partial charge < -0.3 is 4.74 Å². The van der Waals surface area contributed by atoms with E-state index in [4.69, 9.17) is 4.74 Å². The number of hydrogen-bond donors (Lipinski definition) is 0. The molecule has 0 bridgehead atoms. The lowest BCUT2D eigenvalue weighted by atomic mass is 9.83. The first-order valence-electron chi connectivity index (χ1n) is 5.91. The lowest BCUT2D eigenvalue weighted by Gasteiger charge is -2.38. The third-order valence-corrected chi connectivity index (χ3v) is 4.07. The van der Waals surface area contributed by atoms with Gasteiger partial charge in [0.05, 0.1) is 5.60 Å². The second kappa shape index (κ2) is 5.99. The largest absolute Gasteiger partial charge is 0.431 e. The topological polar surface area (TPSA) is 9.23 Å². The lowest BCUT2D eigenvalue weighted by molar-refractivity contribution is -0.353. The molecule has 0 saturated heterocycles. The van der Waals surface area contributed by atoms with Crippen LogP contribution in [0.2, 0.25) is 0 Å². The Kier molecular flexibility index (Phi) is 5.23. The Hall–Kier alpha value is -0.830. The molecule has 0 saturated carbocycles. The molecule has 0 aliphatic rings. The van der Waals surface area contributed by atoms with E-state index >= 15 is 0 Å². The molecular formula is C13H12BrF7O. The van der Waals surface area contributed by atoms with Crippen molar-refractivity contribution in [2.24, 2.45) is 0 Å². The van der Waals surface area contributed by atoms with Crippen molar-refractivity contribution >= 4 is 15.9 Å². The van der Waals surface area contributed by atoms with Crippen LogP contribution < -0.4 is 0 Å². The molecule has 126 valence electrons. The van der Waals surface area contributed by atoms with E-state index in [2.05, 4.69) is 15.9 Å². The monoisotopic (exact) mass is 396 g/mol. The summed E-state index contributed by atoms with van der Waals surface area (Å²) in [6.45, 7) is 0.971. The van der Waals surface area contributed by atoms with Crippen molar-refractivity contribution in [2.45, 2.75) is 37.0 Å². The van der Waals surface area contributed by atoms with E-state index in [9.17, 15) is 30.7 Å². The van der Waals surface area contributed by atoms with Crippen LogP contribution in [0, 0.1) is 0 Å². The minimum Gasteiger partial charge on any atom is -0.374 e. The van der Waals surface area contributed by atoms with E-state index in [1.807, 2.05) is 0 Å². The summed E-state index contributed by atoms with van der Waals surface area (Å²) in [7, 11) is 0.923. The Morgan fingerprint density at radius 2 is 1.41 bits per heavy atom. The summed E-state index contributed by atoms with van der Waals surface area (Å²) in [6.07, 6.45) is -14.2. The molecule has 22 heavy (non-hydrogen) atoms. The zero-order valence-electron chi connectivity index (χ0n) is 11.4. The van der Waals surface area contributed by atoms with Gasteiger partial charge in [-0.05, 0) is 18.6 Å². The minimum atomic E-state index is -6.12. The number of rotatable bonds is 4. The Balaban J connectivity index is 3.40. The standard InChI is InChI=1S/C13H12BrF7O/c1-10(22-2,8-5-3-4-6-9(8)14)7-11(15,12(16,17)18)13(19,20)21/h3-6H,7H2,1-2H3. The number of ether oxygens (including phenoxy) is 1. The molecule has 1 rings (SSSR count). The average Bonchev–Trinajstić information content (AvgIpc) is 2.36. The maximum Gasteiger partial charge on any atom is 0.431 e. The molecule has 0 spiro atoms. The molecule has 0 radical (unpaired) electrons. The first-order chi connectivity index (χ1) is 9.78. The predicted molar refractivity (Wildman–Crippen MR) is 69.1 cm³/mol. The summed E-state index contributed by atoms with van der Waals surface area (Å²) in [5.41, 5.74) is -7.55. The van der Waals surface area contributed by atoms with E-state index in [0.29, 0.717) is 0 Å². The molecule has 1 nitrogen and oxygen atoms in total. The van der Waals surface area contributed by atoms with Crippen LogP contribution >= 0.6 is 15.9 Å². The van der Waals surface area contributed by atoms with Crippen molar-refractivity contribution in [1.82, 2.24) is 0 Å². The molecule has 0 fully saturated rings. The van der Waals surface area contributed by atoms with Gasteiger partial charge in [0.15, 0.2) is 0 Å². The third kappa shape index (κ3) is 3.40. The Bertz CT molecular complexity index is 512. The summed E-state index contributed by atoms with van der Waals surface area (Å²) in [6, 6.07) is 5.59. The van der Waals surface area contributed by atoms with Crippen molar-refractivity contribution in [3.8, 4) is 0 Å². The molecule has 1 unspecified atom stereocenters. The van der Waals surface area contributed by atoms with E-state index in [1.54, 1.807) is 0 Å². The van der Waals surface area contributed by atoms with Crippen LogP contribution in [0.4, 0.5) is 30.7 Å². The number of methoxy groups -OCH3 is 1. The van der Waals surface area contributed by atoms with Gasteiger partial charge in [0.1, 0.15) is 0 Å². The van der Waals surface area contributed by atoms with Gasteiger partial charge in [0.25, 0.3) is 0 Å². The highest BCUT2D eigenvalue weighted by molar-refractivity contribution is 9.10. The number of alkyl halides is 7. The van der Waals surface area contributed by atoms with Gasteiger partial charge in [-0.3, -0.25) is 0 Å². The Morgan fingerprint density at radius 3 is 1.77 bits per heavy atom. The SMILES string of the molecule is COC(C)(CC(F)(C(F)(F)F)C(F)(F)F)c1ccccc1Br. The summed E-state index contributed by atoms with van der Waals surface area (Å²) in [4.78, 5) is 0. The van der Waals surface area contributed by atoms with Crippen molar-refractivity contribution in [3.63, 3.8) is 0 Å². The number of benzene rings is 1. The zero-order chi connectivity index (χ0) is 17.4. The van der Waals surface area contributed by atoms with Crippen molar-refractivity contribution < 1.29 is 35.5 Å². The fourth-order valence-electron chi connectivity index (χ4n) is 1.99. The highest BCUT2D eigenvalue weighted by atomic mass is 79.9. The van der Waals surface area contributed by atoms with Gasteiger partial charge in [-0.15, -0.1) is 0 Å². The van der Waals surface area contributed by atoms with Gasteiger partial charge in [0, 0.05) is 18.0 Å². The van der Waals surface area contributed by atoms with E-state index in [-0.39, 0.29) is 10.0 Å². The third-order valence-electron chi connectivity index (χ3n) is 3.37. The molecule has 0 aromatic heterocycles. The Morgan fingerprint density at radius 1 is 0.955 bits per heavy atom. The van der Waals surface area contributed by atoms with Crippen LogP contribution in [0.1, 0.15) is 18.9 Å². The zero-order valence-corrected chi connectivity index (χ0v) is 13.0. The second-order valence-electron chi connectivity index (χ2n) is 4.89. The van der Waals surface area contributed by atoms with Gasteiger partial charge in [-0.2, -0.15) is 26.3 Å². The van der Waals surface area contributed by atoms with Crippen molar-refractivity contribution in [2.75, 3.05) is 7.11 Å². The highest BCUT2D eigenvalue weighted by Gasteiger charge is 2.74. The second-order valence-corrected chi connectivity index (χ2v) is 5.74. The van der Waals surface area contributed by atoms with E-state index in [0.717, 1.165) is 14.0 Å². The Labute approximate surface area is 130 Å². The molecule has 0 aliphatic carbocycles. The number of halogens is 8. The highest BCUT2D eigenvalue weighted by Crippen LogP contribution is 2.53. The first kappa shape index (κ1) is 19.2.